The van der Waals surface area contributed by atoms with Gasteiger partial charge in [-0.25, -0.2) is 19.2 Å². The third-order valence-electron chi connectivity index (χ3n) is 4.45. The minimum Gasteiger partial charge on any atom is -0.415 e. The zero-order chi connectivity index (χ0) is 27.1. The van der Waals surface area contributed by atoms with E-state index >= 15 is 0 Å². The molecular formula is C22H30O12. The topological polar surface area (TPSA) is 186 Å². The summed E-state index contributed by atoms with van der Waals surface area (Å²) in [5.41, 5.74) is -4.46. The van der Waals surface area contributed by atoms with Crippen LogP contribution in [0, 0.1) is 5.41 Å². The summed E-state index contributed by atoms with van der Waals surface area (Å²) in [5, 5.41) is 42.1. The van der Waals surface area contributed by atoms with Crippen LogP contribution in [0.4, 0.5) is 0 Å². The van der Waals surface area contributed by atoms with Crippen LogP contribution in [0.2, 0.25) is 0 Å². The number of aliphatic hydroxyl groups is 4. The van der Waals surface area contributed by atoms with Crippen LogP contribution in [0.5, 0.6) is 0 Å². The van der Waals surface area contributed by atoms with Crippen LogP contribution in [-0.4, -0.2) is 75.9 Å². The lowest BCUT2D eigenvalue weighted by molar-refractivity contribution is -0.441. The van der Waals surface area contributed by atoms with E-state index in [9.17, 15) is 39.6 Å². The van der Waals surface area contributed by atoms with Gasteiger partial charge in [0.1, 0.15) is 6.61 Å². The van der Waals surface area contributed by atoms with Crippen molar-refractivity contribution < 1.29 is 58.6 Å². The molecule has 0 spiro atoms. The van der Waals surface area contributed by atoms with Crippen LogP contribution in [0.15, 0.2) is 48.6 Å². The van der Waals surface area contributed by atoms with Crippen molar-refractivity contribution in [3.63, 3.8) is 0 Å². The Morgan fingerprint density at radius 1 is 0.588 bits per heavy atom. The van der Waals surface area contributed by atoms with E-state index in [1.165, 1.54) is 13.8 Å². The summed E-state index contributed by atoms with van der Waals surface area (Å²) >= 11 is 0. The Kier molecular flexibility index (Phi) is 10.6. The van der Waals surface area contributed by atoms with Crippen LogP contribution >= 0.6 is 0 Å². The molecule has 0 aliphatic rings. The van der Waals surface area contributed by atoms with E-state index in [-0.39, 0.29) is 22.3 Å². The monoisotopic (exact) mass is 486 g/mol. The fraction of sp³-hybridized carbons (Fsp3) is 0.455. The lowest BCUT2D eigenvalue weighted by Crippen LogP contribution is -2.72. The molecule has 0 heterocycles. The van der Waals surface area contributed by atoms with E-state index in [4.69, 9.17) is 18.9 Å². The maximum absolute atomic E-state index is 12.4. The Morgan fingerprint density at radius 3 is 1.06 bits per heavy atom. The molecule has 0 unspecified atom stereocenters. The van der Waals surface area contributed by atoms with Crippen molar-refractivity contribution in [1.82, 2.24) is 0 Å². The molecule has 0 amide bonds. The predicted octanol–water partition coefficient (Wildman–Crippen LogP) is -0.231. The Bertz CT molecular complexity index is 838. The van der Waals surface area contributed by atoms with Crippen molar-refractivity contribution in [3.05, 3.63) is 48.6 Å². The van der Waals surface area contributed by atoms with Gasteiger partial charge < -0.3 is 39.4 Å². The van der Waals surface area contributed by atoms with E-state index in [2.05, 4.69) is 26.3 Å². The molecule has 0 fully saturated rings. The maximum Gasteiger partial charge on any atom is 0.392 e. The average molecular weight is 486 g/mol. The Balaban J connectivity index is 7.41. The van der Waals surface area contributed by atoms with Crippen LogP contribution in [0.3, 0.4) is 0 Å². The second kappa shape index (κ2) is 11.7. The van der Waals surface area contributed by atoms with Gasteiger partial charge in [-0.05, 0) is 27.7 Å². The third kappa shape index (κ3) is 6.17. The summed E-state index contributed by atoms with van der Waals surface area (Å²) in [6, 6.07) is 0. The molecule has 0 bridgehead atoms. The van der Waals surface area contributed by atoms with Gasteiger partial charge >= 0.3 is 35.6 Å². The molecule has 0 aliphatic heterocycles. The molecule has 190 valence electrons. The van der Waals surface area contributed by atoms with Crippen LogP contribution in [0.25, 0.3) is 0 Å². The summed E-state index contributed by atoms with van der Waals surface area (Å²) in [4.78, 5) is 49.4. The fourth-order valence-corrected chi connectivity index (χ4v) is 2.28. The minimum absolute atomic E-state index is 0.310. The van der Waals surface area contributed by atoms with Crippen molar-refractivity contribution in [2.75, 3.05) is 19.8 Å². The van der Waals surface area contributed by atoms with Gasteiger partial charge in [-0.3, -0.25) is 0 Å². The first-order chi connectivity index (χ1) is 15.5. The largest absolute Gasteiger partial charge is 0.415 e. The highest BCUT2D eigenvalue weighted by molar-refractivity contribution is 5.90. The number of carbonyl (C=O) groups excluding carboxylic acids is 4. The average Bonchev–Trinajstić information content (AvgIpc) is 2.73. The molecule has 12 nitrogen and oxygen atoms in total. The van der Waals surface area contributed by atoms with E-state index in [1.54, 1.807) is 0 Å². The van der Waals surface area contributed by atoms with E-state index in [0.29, 0.717) is 0 Å². The number of aliphatic hydroxyl groups excluding tert-OH is 3. The highest BCUT2D eigenvalue weighted by atomic mass is 16.9. The van der Waals surface area contributed by atoms with E-state index < -0.39 is 60.9 Å². The highest BCUT2D eigenvalue weighted by Crippen LogP contribution is 2.47. The highest BCUT2D eigenvalue weighted by Gasteiger charge is 2.73. The summed E-state index contributed by atoms with van der Waals surface area (Å²) < 4.78 is 19.8. The number of esters is 4. The fourth-order valence-electron chi connectivity index (χ4n) is 2.28. The van der Waals surface area contributed by atoms with E-state index in [0.717, 1.165) is 13.8 Å². The van der Waals surface area contributed by atoms with Crippen molar-refractivity contribution in [3.8, 4) is 0 Å². The van der Waals surface area contributed by atoms with Crippen LogP contribution in [-0.2, 0) is 38.1 Å². The molecule has 12 heteroatoms. The quantitative estimate of drug-likeness (QED) is 0.152. The second-order valence-electron chi connectivity index (χ2n) is 7.57. The number of rotatable bonds is 13. The summed E-state index contributed by atoms with van der Waals surface area (Å²) in [6.07, 6.45) is 0. The van der Waals surface area contributed by atoms with E-state index in [1.807, 2.05) is 0 Å². The molecule has 4 N–H and O–H groups in total. The molecular weight excluding hydrogens is 456 g/mol. The maximum atomic E-state index is 12.4. The first-order valence-corrected chi connectivity index (χ1v) is 9.60. The number of carbonyl (C=O) groups is 4. The first-order valence-electron chi connectivity index (χ1n) is 9.60. The Hall–Kier alpha value is -3.32. The zero-order valence-corrected chi connectivity index (χ0v) is 19.5. The van der Waals surface area contributed by atoms with Crippen molar-refractivity contribution in [1.29, 1.82) is 0 Å². The third-order valence-corrected chi connectivity index (χ3v) is 4.45. The Morgan fingerprint density at radius 2 is 0.853 bits per heavy atom. The van der Waals surface area contributed by atoms with Gasteiger partial charge in [0.2, 0.25) is 5.41 Å². The van der Waals surface area contributed by atoms with Gasteiger partial charge in [-0.1, -0.05) is 26.3 Å². The van der Waals surface area contributed by atoms with Gasteiger partial charge in [0.15, 0.2) is 0 Å². The smallest absolute Gasteiger partial charge is 0.392 e. The number of ether oxygens (including phenoxy) is 4. The molecule has 0 rings (SSSR count). The summed E-state index contributed by atoms with van der Waals surface area (Å²) in [6.45, 7) is 13.2. The summed E-state index contributed by atoms with van der Waals surface area (Å²) in [5.74, 6) is -12.5. The second-order valence-corrected chi connectivity index (χ2v) is 7.57. The molecule has 0 radical (unpaired) electrons. The number of hydrogen-bond acceptors (Lipinski definition) is 12. The molecule has 0 aromatic rings. The lowest BCUT2D eigenvalue weighted by atomic mass is 9.77. The van der Waals surface area contributed by atoms with Crippen LogP contribution in [0.1, 0.15) is 27.7 Å². The van der Waals surface area contributed by atoms with Gasteiger partial charge in [0.25, 0.3) is 0 Å². The Labute approximate surface area is 196 Å². The molecule has 0 saturated heterocycles. The molecule has 0 aliphatic carbocycles. The van der Waals surface area contributed by atoms with Crippen molar-refractivity contribution in [2.45, 2.75) is 39.5 Å². The van der Waals surface area contributed by atoms with Crippen molar-refractivity contribution in [2.24, 2.45) is 5.41 Å². The normalized spacial score (nSPS) is 11.6. The minimum atomic E-state index is -3.74. The lowest BCUT2D eigenvalue weighted by Gasteiger charge is -2.50. The predicted molar refractivity (Wildman–Crippen MR) is 115 cm³/mol. The number of hydrogen-bond donors (Lipinski definition) is 4. The van der Waals surface area contributed by atoms with Gasteiger partial charge in [0, 0.05) is 22.3 Å². The van der Waals surface area contributed by atoms with Crippen LogP contribution < -0.4 is 0 Å². The molecule has 0 aromatic carbocycles. The summed E-state index contributed by atoms with van der Waals surface area (Å²) in [7, 11) is 0. The zero-order valence-electron chi connectivity index (χ0n) is 19.5. The van der Waals surface area contributed by atoms with Gasteiger partial charge in [0.05, 0.1) is 13.2 Å². The van der Waals surface area contributed by atoms with Crippen molar-refractivity contribution >= 4 is 23.9 Å². The van der Waals surface area contributed by atoms with Gasteiger partial charge in [-0.2, -0.15) is 0 Å². The molecule has 34 heavy (non-hydrogen) atoms. The first kappa shape index (κ1) is 30.7. The standard InChI is InChI=1S/C22H30O12/c1-12(2)16(26)31-21(11-25,32-17(27)13(3)4)20(9-23,10-24)22(30,33-18(28)14(5)6)34-19(29)15(7)8/h23-25,30H,1,3,5,7,9-11H2,2,4,6,8H3. The molecule has 0 atom stereocenters. The van der Waals surface area contributed by atoms with Gasteiger partial charge in [-0.15, -0.1) is 0 Å². The molecule has 0 saturated carbocycles. The SMILES string of the molecule is C=C(C)C(=O)OC(O)(OC(=O)C(=C)C)C(CO)(CO)C(CO)(OC(=O)C(=C)C)OC(=O)C(=C)C. The molecule has 0 aromatic heterocycles.